The summed E-state index contributed by atoms with van der Waals surface area (Å²) in [4.78, 5) is 6.56. The quantitative estimate of drug-likeness (QED) is 0.585. The highest BCUT2D eigenvalue weighted by Crippen LogP contribution is 2.30. The van der Waals surface area contributed by atoms with Gasteiger partial charge in [0.25, 0.3) is 0 Å². The molecule has 29 heavy (non-hydrogen) atoms. The molecule has 0 radical (unpaired) electrons. The topological polar surface area (TPSA) is 53.5 Å². The van der Waals surface area contributed by atoms with Crippen molar-refractivity contribution in [3.05, 3.63) is 70.4 Å². The summed E-state index contributed by atoms with van der Waals surface area (Å²) in [5.74, 6) is -0.718. The number of rotatable bonds is 5. The number of piperazine rings is 1. The number of benzene rings is 2. The first kappa shape index (κ1) is 20.4. The number of nitrogens with zero attached hydrogens (tertiary/aromatic N) is 3. The molecular formula is C20H19ClFN3O2S2. The fourth-order valence-corrected chi connectivity index (χ4v) is 5.91. The van der Waals surface area contributed by atoms with E-state index in [0.717, 1.165) is 16.3 Å². The second-order valence-electron chi connectivity index (χ2n) is 6.73. The van der Waals surface area contributed by atoms with Gasteiger partial charge in [-0.3, -0.25) is 4.90 Å². The first-order chi connectivity index (χ1) is 13.9. The zero-order valence-corrected chi connectivity index (χ0v) is 17.9. The molecule has 4 rings (SSSR count). The second-order valence-corrected chi connectivity index (χ2v) is 9.91. The van der Waals surface area contributed by atoms with E-state index in [1.807, 2.05) is 29.6 Å². The van der Waals surface area contributed by atoms with Crippen molar-refractivity contribution in [3.8, 4) is 10.6 Å². The Bertz CT molecular complexity index is 1110. The van der Waals surface area contributed by atoms with E-state index in [1.54, 1.807) is 0 Å². The van der Waals surface area contributed by atoms with E-state index in [4.69, 9.17) is 11.6 Å². The highest BCUT2D eigenvalue weighted by Gasteiger charge is 2.30. The molecule has 9 heteroatoms. The molecule has 0 atom stereocenters. The molecular weight excluding hydrogens is 433 g/mol. The largest absolute Gasteiger partial charge is 0.295 e. The third kappa shape index (κ3) is 4.36. The van der Waals surface area contributed by atoms with Crippen molar-refractivity contribution in [2.45, 2.75) is 11.4 Å². The van der Waals surface area contributed by atoms with Crippen LogP contribution in [-0.4, -0.2) is 48.8 Å². The van der Waals surface area contributed by atoms with Gasteiger partial charge < -0.3 is 0 Å². The highest BCUT2D eigenvalue weighted by molar-refractivity contribution is 7.89. The third-order valence-electron chi connectivity index (χ3n) is 4.83. The Labute approximate surface area is 178 Å². The van der Waals surface area contributed by atoms with Crippen LogP contribution in [0.3, 0.4) is 0 Å². The maximum Gasteiger partial charge on any atom is 0.246 e. The number of hydrogen-bond acceptors (Lipinski definition) is 5. The molecule has 2 heterocycles. The van der Waals surface area contributed by atoms with Gasteiger partial charge >= 0.3 is 0 Å². The molecule has 1 fully saturated rings. The molecule has 0 saturated carbocycles. The Hall–Kier alpha value is -1.84. The van der Waals surface area contributed by atoms with Crippen LogP contribution in [0.5, 0.6) is 0 Å². The van der Waals surface area contributed by atoms with Gasteiger partial charge in [-0.1, -0.05) is 41.9 Å². The zero-order valence-electron chi connectivity index (χ0n) is 15.5. The van der Waals surface area contributed by atoms with Gasteiger partial charge in [0.05, 0.1) is 10.7 Å². The van der Waals surface area contributed by atoms with Crippen LogP contribution in [0.2, 0.25) is 5.02 Å². The average molecular weight is 452 g/mol. The summed E-state index contributed by atoms with van der Waals surface area (Å²) < 4.78 is 40.7. The van der Waals surface area contributed by atoms with Crippen LogP contribution in [0.15, 0.2) is 58.8 Å². The van der Waals surface area contributed by atoms with Crippen LogP contribution < -0.4 is 0 Å². The summed E-state index contributed by atoms with van der Waals surface area (Å²) in [6.45, 7) is 2.39. The molecule has 1 saturated heterocycles. The Morgan fingerprint density at radius 2 is 1.72 bits per heavy atom. The summed E-state index contributed by atoms with van der Waals surface area (Å²) in [6, 6.07) is 13.1. The van der Waals surface area contributed by atoms with E-state index in [1.165, 1.54) is 39.9 Å². The van der Waals surface area contributed by atoms with E-state index in [-0.39, 0.29) is 4.90 Å². The maximum absolute atomic E-state index is 13.9. The standard InChI is InChI=1S/C20H19ClFN3O2S2/c21-17-6-2-1-5-16(17)20-23-15(14-28-20)13-24-9-11-25(12-10-24)29(26,27)19-8-4-3-7-18(19)22/h1-8,14H,9-13H2. The van der Waals surface area contributed by atoms with Crippen LogP contribution in [0, 0.1) is 5.82 Å². The fraction of sp³-hybridized carbons (Fsp3) is 0.250. The minimum Gasteiger partial charge on any atom is -0.295 e. The molecule has 5 nitrogen and oxygen atoms in total. The van der Waals surface area contributed by atoms with Crippen molar-refractivity contribution in [2.24, 2.45) is 0 Å². The van der Waals surface area contributed by atoms with Crippen molar-refractivity contribution in [1.82, 2.24) is 14.2 Å². The smallest absolute Gasteiger partial charge is 0.246 e. The van der Waals surface area contributed by atoms with Gasteiger partial charge in [-0.2, -0.15) is 4.31 Å². The number of hydrogen-bond donors (Lipinski definition) is 0. The molecule has 2 aromatic carbocycles. The monoisotopic (exact) mass is 451 g/mol. The SMILES string of the molecule is O=S(=O)(c1ccccc1F)N1CCN(Cc2csc(-c3ccccc3Cl)n2)CC1. The van der Waals surface area contributed by atoms with Crippen LogP contribution in [-0.2, 0) is 16.6 Å². The van der Waals surface area contributed by atoms with E-state index in [0.29, 0.717) is 37.7 Å². The molecule has 1 aliphatic heterocycles. The first-order valence-corrected chi connectivity index (χ1v) is 11.8. The van der Waals surface area contributed by atoms with Crippen LogP contribution in [0.1, 0.15) is 5.69 Å². The van der Waals surface area contributed by atoms with E-state index in [9.17, 15) is 12.8 Å². The fourth-order valence-electron chi connectivity index (χ4n) is 3.29. The number of aromatic nitrogens is 1. The Morgan fingerprint density at radius 3 is 2.45 bits per heavy atom. The Kier molecular flexibility index (Phi) is 5.98. The van der Waals surface area contributed by atoms with Crippen LogP contribution in [0.4, 0.5) is 4.39 Å². The lowest BCUT2D eigenvalue weighted by Crippen LogP contribution is -2.48. The van der Waals surface area contributed by atoms with Gasteiger partial charge in [-0.25, -0.2) is 17.8 Å². The predicted octanol–water partition coefficient (Wildman–Crippen LogP) is 4.11. The lowest BCUT2D eigenvalue weighted by molar-refractivity contribution is 0.180. The zero-order chi connectivity index (χ0) is 20.4. The minimum absolute atomic E-state index is 0.266. The molecule has 0 aliphatic carbocycles. The minimum atomic E-state index is -3.82. The lowest BCUT2D eigenvalue weighted by Gasteiger charge is -2.33. The van der Waals surface area contributed by atoms with Gasteiger partial charge in [-0.05, 0) is 18.2 Å². The number of thiazole rings is 1. The van der Waals surface area contributed by atoms with E-state index in [2.05, 4.69) is 9.88 Å². The molecule has 3 aromatic rings. The van der Waals surface area contributed by atoms with E-state index >= 15 is 0 Å². The highest BCUT2D eigenvalue weighted by atomic mass is 35.5. The van der Waals surface area contributed by atoms with Gasteiger partial charge in [0.1, 0.15) is 15.7 Å². The molecule has 0 spiro atoms. The summed E-state index contributed by atoms with van der Waals surface area (Å²) in [6.07, 6.45) is 0. The van der Waals surface area contributed by atoms with Gasteiger partial charge in [-0.15, -0.1) is 11.3 Å². The lowest BCUT2D eigenvalue weighted by atomic mass is 10.2. The summed E-state index contributed by atoms with van der Waals surface area (Å²) in [5, 5.41) is 3.54. The number of sulfonamides is 1. The van der Waals surface area contributed by atoms with E-state index < -0.39 is 15.8 Å². The van der Waals surface area contributed by atoms with Crippen LogP contribution in [0.25, 0.3) is 10.6 Å². The second kappa shape index (κ2) is 8.49. The summed E-state index contributed by atoms with van der Waals surface area (Å²) >= 11 is 7.79. The molecule has 0 unspecified atom stereocenters. The first-order valence-electron chi connectivity index (χ1n) is 9.11. The van der Waals surface area contributed by atoms with Crippen molar-refractivity contribution >= 4 is 33.0 Å². The molecule has 1 aliphatic rings. The van der Waals surface area contributed by atoms with Gasteiger partial charge in [0.2, 0.25) is 10.0 Å². The van der Waals surface area contributed by atoms with Crippen molar-refractivity contribution in [2.75, 3.05) is 26.2 Å². The van der Waals surface area contributed by atoms with Crippen molar-refractivity contribution < 1.29 is 12.8 Å². The molecule has 0 N–H and O–H groups in total. The predicted molar refractivity (Wildman–Crippen MR) is 113 cm³/mol. The third-order valence-corrected chi connectivity index (χ3v) is 8.01. The Morgan fingerprint density at radius 1 is 1.03 bits per heavy atom. The van der Waals surface area contributed by atoms with Crippen LogP contribution >= 0.6 is 22.9 Å². The maximum atomic E-state index is 13.9. The van der Waals surface area contributed by atoms with Gasteiger partial charge in [0, 0.05) is 43.7 Å². The van der Waals surface area contributed by atoms with Gasteiger partial charge in [0.15, 0.2) is 0 Å². The molecule has 152 valence electrons. The molecule has 0 amide bonds. The van der Waals surface area contributed by atoms with Crippen molar-refractivity contribution in [1.29, 1.82) is 0 Å². The summed E-state index contributed by atoms with van der Waals surface area (Å²) in [5.41, 5.74) is 1.83. The molecule has 0 bridgehead atoms. The summed E-state index contributed by atoms with van der Waals surface area (Å²) in [7, 11) is -3.82. The Balaban J connectivity index is 1.40. The normalized spacial score (nSPS) is 16.2. The number of halogens is 2. The van der Waals surface area contributed by atoms with Crippen molar-refractivity contribution in [3.63, 3.8) is 0 Å². The molecule has 1 aromatic heterocycles. The average Bonchev–Trinajstić information content (AvgIpc) is 3.17.